The Bertz CT molecular complexity index is 363. The van der Waals surface area contributed by atoms with Gasteiger partial charge in [0.25, 0.3) is 0 Å². The molecule has 0 aliphatic heterocycles. The molecule has 0 saturated heterocycles. The third kappa shape index (κ3) is 8.84. The van der Waals surface area contributed by atoms with Gasteiger partial charge in [0.2, 0.25) is 0 Å². The molecule has 0 aliphatic carbocycles. The Labute approximate surface area is 121 Å². The van der Waals surface area contributed by atoms with Gasteiger partial charge in [0.1, 0.15) is 5.75 Å². The van der Waals surface area contributed by atoms with Crippen molar-refractivity contribution in [1.82, 2.24) is 10.3 Å². The van der Waals surface area contributed by atoms with E-state index in [0.29, 0.717) is 5.02 Å². The lowest BCUT2D eigenvalue weighted by Crippen LogP contribution is -2.36. The lowest BCUT2D eigenvalue weighted by molar-refractivity contribution is 0.302. The lowest BCUT2D eigenvalue weighted by atomic mass is 10.1. The van der Waals surface area contributed by atoms with Gasteiger partial charge in [-0.2, -0.15) is 0 Å². The Morgan fingerprint density at radius 2 is 1.89 bits per heavy atom. The number of halogens is 1. The first-order valence-corrected chi connectivity index (χ1v) is 7.33. The maximum atomic E-state index is 5.83. The average molecular weight is 285 g/mol. The molecule has 108 valence electrons. The molecule has 1 heterocycles. The fraction of sp³-hybridized carbons (Fsp3) is 0.667. The zero-order valence-corrected chi connectivity index (χ0v) is 13.0. The molecule has 0 aliphatic rings. The smallest absolute Gasteiger partial charge is 0.139 e. The van der Waals surface area contributed by atoms with Crippen LogP contribution in [0.3, 0.4) is 0 Å². The van der Waals surface area contributed by atoms with Crippen molar-refractivity contribution in [3.05, 3.63) is 23.5 Å². The molecule has 4 heteroatoms. The molecule has 0 radical (unpaired) electrons. The van der Waals surface area contributed by atoms with Crippen molar-refractivity contribution >= 4 is 11.6 Å². The molecule has 3 nitrogen and oxygen atoms in total. The van der Waals surface area contributed by atoms with Gasteiger partial charge < -0.3 is 10.1 Å². The molecule has 0 aromatic carbocycles. The van der Waals surface area contributed by atoms with Crippen molar-refractivity contribution in [2.75, 3.05) is 13.2 Å². The van der Waals surface area contributed by atoms with E-state index in [1.54, 1.807) is 18.5 Å². The van der Waals surface area contributed by atoms with Gasteiger partial charge in [-0.05, 0) is 40.2 Å². The highest BCUT2D eigenvalue weighted by molar-refractivity contribution is 6.30. The number of hydrogen-bond acceptors (Lipinski definition) is 3. The maximum absolute atomic E-state index is 5.83. The quantitative estimate of drug-likeness (QED) is 0.731. The van der Waals surface area contributed by atoms with Crippen molar-refractivity contribution in [1.29, 1.82) is 0 Å². The molecule has 1 rings (SSSR count). The van der Waals surface area contributed by atoms with Crippen LogP contribution in [0.4, 0.5) is 0 Å². The minimum absolute atomic E-state index is 0.225. The standard InChI is InChI=1S/C15H25ClN2O/c1-15(2,3)18-8-6-4-5-7-9-19-14-10-13(16)11-17-12-14/h10-12,18H,4-9H2,1-3H3. The number of pyridine rings is 1. The van der Waals surface area contributed by atoms with Crippen LogP contribution >= 0.6 is 11.6 Å². The third-order valence-corrected chi connectivity index (χ3v) is 2.88. The zero-order valence-electron chi connectivity index (χ0n) is 12.2. The van der Waals surface area contributed by atoms with E-state index in [4.69, 9.17) is 16.3 Å². The van der Waals surface area contributed by atoms with E-state index in [1.807, 2.05) is 0 Å². The monoisotopic (exact) mass is 284 g/mol. The summed E-state index contributed by atoms with van der Waals surface area (Å²) in [5.74, 6) is 0.752. The van der Waals surface area contributed by atoms with Crippen LogP contribution in [0, 0.1) is 0 Å². The molecule has 1 aromatic rings. The van der Waals surface area contributed by atoms with Gasteiger partial charge in [-0.1, -0.05) is 24.4 Å². The molecule has 0 saturated carbocycles. The number of rotatable bonds is 8. The molecule has 0 amide bonds. The van der Waals surface area contributed by atoms with E-state index >= 15 is 0 Å². The summed E-state index contributed by atoms with van der Waals surface area (Å²) in [4.78, 5) is 3.98. The minimum Gasteiger partial charge on any atom is -0.492 e. The normalized spacial score (nSPS) is 11.6. The molecular weight excluding hydrogens is 260 g/mol. The molecule has 1 N–H and O–H groups in total. The van der Waals surface area contributed by atoms with Crippen molar-refractivity contribution < 1.29 is 4.74 Å². The number of aromatic nitrogens is 1. The number of nitrogens with one attached hydrogen (secondary N) is 1. The fourth-order valence-corrected chi connectivity index (χ4v) is 1.87. The van der Waals surface area contributed by atoms with E-state index in [-0.39, 0.29) is 5.54 Å². The highest BCUT2D eigenvalue weighted by atomic mass is 35.5. The van der Waals surface area contributed by atoms with Crippen LogP contribution in [0.15, 0.2) is 18.5 Å². The Morgan fingerprint density at radius 1 is 1.16 bits per heavy atom. The second kappa shape index (κ2) is 8.39. The van der Waals surface area contributed by atoms with Crippen molar-refractivity contribution in [3.63, 3.8) is 0 Å². The molecule has 0 unspecified atom stereocenters. The Morgan fingerprint density at radius 3 is 2.58 bits per heavy atom. The summed E-state index contributed by atoms with van der Waals surface area (Å²) in [5.41, 5.74) is 0.225. The first kappa shape index (κ1) is 16.3. The first-order chi connectivity index (χ1) is 8.97. The number of nitrogens with zero attached hydrogens (tertiary/aromatic N) is 1. The number of ether oxygens (including phenoxy) is 1. The van der Waals surface area contributed by atoms with E-state index in [9.17, 15) is 0 Å². The Kier molecular flexibility index (Phi) is 7.17. The van der Waals surface area contributed by atoms with Gasteiger partial charge in [0.15, 0.2) is 0 Å². The van der Waals surface area contributed by atoms with Crippen LogP contribution in [-0.2, 0) is 0 Å². The molecular formula is C15H25ClN2O. The summed E-state index contributed by atoms with van der Waals surface area (Å²) < 4.78 is 5.59. The van der Waals surface area contributed by atoms with Crippen LogP contribution in [0.1, 0.15) is 46.5 Å². The van der Waals surface area contributed by atoms with E-state index in [2.05, 4.69) is 31.1 Å². The van der Waals surface area contributed by atoms with Gasteiger partial charge >= 0.3 is 0 Å². The van der Waals surface area contributed by atoms with Crippen LogP contribution in [-0.4, -0.2) is 23.7 Å². The number of hydrogen-bond donors (Lipinski definition) is 1. The van der Waals surface area contributed by atoms with Crippen molar-refractivity contribution in [2.24, 2.45) is 0 Å². The molecule has 0 bridgehead atoms. The van der Waals surface area contributed by atoms with Gasteiger partial charge in [0.05, 0.1) is 17.8 Å². The van der Waals surface area contributed by atoms with Crippen molar-refractivity contribution in [2.45, 2.75) is 52.0 Å². The van der Waals surface area contributed by atoms with Gasteiger partial charge in [0, 0.05) is 17.8 Å². The topological polar surface area (TPSA) is 34.1 Å². The zero-order chi connectivity index (χ0) is 14.1. The highest BCUT2D eigenvalue weighted by Crippen LogP contribution is 2.15. The molecule has 1 aromatic heterocycles. The molecule has 0 fully saturated rings. The summed E-state index contributed by atoms with van der Waals surface area (Å²) in [5, 5.41) is 4.11. The van der Waals surface area contributed by atoms with Crippen LogP contribution in [0.5, 0.6) is 5.75 Å². The first-order valence-electron chi connectivity index (χ1n) is 6.96. The fourth-order valence-electron chi connectivity index (χ4n) is 1.71. The minimum atomic E-state index is 0.225. The van der Waals surface area contributed by atoms with Gasteiger partial charge in [-0.15, -0.1) is 0 Å². The lowest BCUT2D eigenvalue weighted by Gasteiger charge is -2.20. The SMILES string of the molecule is CC(C)(C)NCCCCCCOc1cncc(Cl)c1. The van der Waals surface area contributed by atoms with Gasteiger partial charge in [-0.25, -0.2) is 0 Å². The van der Waals surface area contributed by atoms with Crippen LogP contribution in [0.25, 0.3) is 0 Å². The highest BCUT2D eigenvalue weighted by Gasteiger charge is 2.06. The molecule has 0 spiro atoms. The van der Waals surface area contributed by atoms with E-state index in [1.165, 1.54) is 19.3 Å². The molecule has 0 atom stereocenters. The largest absolute Gasteiger partial charge is 0.492 e. The molecule has 19 heavy (non-hydrogen) atoms. The summed E-state index contributed by atoms with van der Waals surface area (Å²) in [6, 6.07) is 1.79. The van der Waals surface area contributed by atoms with Crippen molar-refractivity contribution in [3.8, 4) is 5.75 Å². The Hall–Kier alpha value is -0.800. The van der Waals surface area contributed by atoms with Crippen LogP contribution in [0.2, 0.25) is 5.02 Å². The third-order valence-electron chi connectivity index (χ3n) is 2.67. The summed E-state index contributed by atoms with van der Waals surface area (Å²) in [6.45, 7) is 8.40. The maximum Gasteiger partial charge on any atom is 0.139 e. The van der Waals surface area contributed by atoms with Gasteiger partial charge in [-0.3, -0.25) is 4.98 Å². The predicted octanol–water partition coefficient (Wildman–Crippen LogP) is 4.06. The van der Waals surface area contributed by atoms with E-state index < -0.39 is 0 Å². The number of unbranched alkanes of at least 4 members (excludes halogenated alkanes) is 3. The van der Waals surface area contributed by atoms with Crippen LogP contribution < -0.4 is 10.1 Å². The second-order valence-electron chi connectivity index (χ2n) is 5.78. The second-order valence-corrected chi connectivity index (χ2v) is 6.21. The summed E-state index contributed by atoms with van der Waals surface area (Å²) >= 11 is 5.83. The predicted molar refractivity (Wildman–Crippen MR) is 81.0 cm³/mol. The Balaban J connectivity index is 1.97. The average Bonchev–Trinajstić information content (AvgIpc) is 2.31. The summed E-state index contributed by atoms with van der Waals surface area (Å²) in [6.07, 6.45) is 8.02. The summed E-state index contributed by atoms with van der Waals surface area (Å²) in [7, 11) is 0. The van der Waals surface area contributed by atoms with E-state index in [0.717, 1.165) is 25.3 Å².